The minimum Gasteiger partial charge on any atom is -0.496 e. The second kappa shape index (κ2) is 7.00. The number of carbonyl (C=O) groups excluding carboxylic acids is 1. The number of aliphatic hydroxyl groups is 2. The van der Waals surface area contributed by atoms with E-state index >= 15 is 0 Å². The molecule has 0 aliphatic carbocycles. The molecule has 0 saturated carbocycles. The number of methoxy groups -OCH3 is 1. The van der Waals surface area contributed by atoms with Crippen LogP contribution >= 0.6 is 0 Å². The number of nitro groups is 1. The van der Waals surface area contributed by atoms with Crippen molar-refractivity contribution < 1.29 is 24.7 Å². The monoisotopic (exact) mass is 298 g/mol. The number of nitrogens with one attached hydrogen (secondary N) is 1. The van der Waals surface area contributed by atoms with Crippen LogP contribution in [0.15, 0.2) is 18.2 Å². The zero-order chi connectivity index (χ0) is 16.0. The van der Waals surface area contributed by atoms with E-state index in [4.69, 9.17) is 4.74 Å². The molecule has 0 aromatic heterocycles. The second-order valence-electron chi connectivity index (χ2n) is 4.55. The molecule has 0 fully saturated rings. The molecular weight excluding hydrogens is 280 g/mol. The number of hydrogen-bond acceptors (Lipinski definition) is 6. The Bertz CT molecular complexity index is 519. The van der Waals surface area contributed by atoms with Crippen LogP contribution in [0.3, 0.4) is 0 Å². The molecule has 0 heterocycles. The topological polar surface area (TPSA) is 122 Å². The van der Waals surface area contributed by atoms with Crippen LogP contribution in [-0.2, 0) is 0 Å². The van der Waals surface area contributed by atoms with Crippen LogP contribution in [0.4, 0.5) is 5.69 Å². The van der Waals surface area contributed by atoms with E-state index in [9.17, 15) is 25.1 Å². The largest absolute Gasteiger partial charge is 0.496 e. The molecule has 8 nitrogen and oxygen atoms in total. The van der Waals surface area contributed by atoms with Gasteiger partial charge in [0.25, 0.3) is 11.6 Å². The number of nitro benzene ring substituents is 1. The van der Waals surface area contributed by atoms with Crippen molar-refractivity contribution in [3.05, 3.63) is 33.9 Å². The lowest BCUT2D eigenvalue weighted by Crippen LogP contribution is -2.53. The lowest BCUT2D eigenvalue weighted by Gasteiger charge is -2.29. The Labute approximate surface area is 121 Å². The molecule has 0 spiro atoms. The van der Waals surface area contributed by atoms with Crippen molar-refractivity contribution in [3.8, 4) is 5.75 Å². The van der Waals surface area contributed by atoms with E-state index < -0.39 is 29.6 Å². The average molecular weight is 298 g/mol. The predicted octanol–water partition coefficient (Wildman–Crippen LogP) is 0.467. The van der Waals surface area contributed by atoms with E-state index in [0.29, 0.717) is 6.42 Å². The van der Waals surface area contributed by atoms with E-state index in [1.807, 2.05) is 0 Å². The number of rotatable bonds is 7. The minimum absolute atomic E-state index is 0.0357. The fourth-order valence-corrected chi connectivity index (χ4v) is 1.74. The fraction of sp³-hybridized carbons (Fsp3) is 0.462. The van der Waals surface area contributed by atoms with Gasteiger partial charge in [-0.2, -0.15) is 0 Å². The molecule has 116 valence electrons. The summed E-state index contributed by atoms with van der Waals surface area (Å²) in [5, 5.41) is 31.9. The van der Waals surface area contributed by atoms with Gasteiger partial charge in [0, 0.05) is 12.1 Å². The maximum atomic E-state index is 12.3. The Morgan fingerprint density at radius 2 is 2.05 bits per heavy atom. The zero-order valence-electron chi connectivity index (χ0n) is 11.8. The van der Waals surface area contributed by atoms with Crippen LogP contribution in [0.25, 0.3) is 0 Å². The van der Waals surface area contributed by atoms with E-state index in [2.05, 4.69) is 5.32 Å². The van der Waals surface area contributed by atoms with Crippen molar-refractivity contribution in [1.29, 1.82) is 0 Å². The van der Waals surface area contributed by atoms with Crippen LogP contribution in [0.1, 0.15) is 23.7 Å². The van der Waals surface area contributed by atoms with Gasteiger partial charge in [0.2, 0.25) is 0 Å². The highest BCUT2D eigenvalue weighted by atomic mass is 16.6. The SMILES string of the molecule is CCC(CO)(CO)NC(=O)c1cc([N+](=O)[O-])ccc1OC. The van der Waals surface area contributed by atoms with Gasteiger partial charge in [0.05, 0.1) is 36.3 Å². The van der Waals surface area contributed by atoms with E-state index in [1.54, 1.807) is 6.92 Å². The number of non-ortho nitro benzene ring substituents is 1. The van der Waals surface area contributed by atoms with Crippen molar-refractivity contribution in [2.75, 3.05) is 20.3 Å². The first-order valence-electron chi connectivity index (χ1n) is 6.29. The molecule has 0 bridgehead atoms. The van der Waals surface area contributed by atoms with Gasteiger partial charge in [-0.3, -0.25) is 14.9 Å². The molecule has 0 saturated heterocycles. The Morgan fingerprint density at radius 3 is 2.48 bits per heavy atom. The standard InChI is InChI=1S/C13H18N2O6/c1-3-13(7-16,8-17)14-12(18)10-6-9(15(19)20)4-5-11(10)21-2/h4-6,16-17H,3,7-8H2,1-2H3,(H,14,18). The zero-order valence-corrected chi connectivity index (χ0v) is 11.8. The maximum Gasteiger partial charge on any atom is 0.270 e. The molecule has 0 atom stereocenters. The molecule has 1 aromatic carbocycles. The van der Waals surface area contributed by atoms with Crippen molar-refractivity contribution in [3.63, 3.8) is 0 Å². The Kier molecular flexibility index (Phi) is 5.62. The summed E-state index contributed by atoms with van der Waals surface area (Å²) in [6.07, 6.45) is 0.295. The quantitative estimate of drug-likeness (QED) is 0.497. The number of amides is 1. The lowest BCUT2D eigenvalue weighted by atomic mass is 9.97. The first-order chi connectivity index (χ1) is 9.92. The van der Waals surface area contributed by atoms with E-state index in [0.717, 1.165) is 6.07 Å². The van der Waals surface area contributed by atoms with Crippen LogP contribution in [0.5, 0.6) is 5.75 Å². The number of ether oxygens (including phenoxy) is 1. The molecule has 0 aliphatic rings. The van der Waals surface area contributed by atoms with Crippen LogP contribution < -0.4 is 10.1 Å². The molecule has 1 amide bonds. The summed E-state index contributed by atoms with van der Waals surface area (Å²) in [6.45, 7) is 0.781. The maximum absolute atomic E-state index is 12.3. The summed E-state index contributed by atoms with van der Waals surface area (Å²) in [4.78, 5) is 22.4. The van der Waals surface area contributed by atoms with Gasteiger partial charge in [0.15, 0.2) is 0 Å². The van der Waals surface area contributed by atoms with Gasteiger partial charge in [-0.25, -0.2) is 0 Å². The molecule has 0 aliphatic heterocycles. The van der Waals surface area contributed by atoms with Crippen LogP contribution in [-0.4, -0.2) is 46.9 Å². The van der Waals surface area contributed by atoms with E-state index in [1.165, 1.54) is 19.2 Å². The van der Waals surface area contributed by atoms with Gasteiger partial charge >= 0.3 is 0 Å². The van der Waals surface area contributed by atoms with Gasteiger partial charge in [-0.15, -0.1) is 0 Å². The van der Waals surface area contributed by atoms with Gasteiger partial charge in [-0.1, -0.05) is 6.92 Å². The number of carbonyl (C=O) groups is 1. The first-order valence-corrected chi connectivity index (χ1v) is 6.29. The summed E-state index contributed by atoms with van der Waals surface area (Å²) in [6, 6.07) is 3.63. The third kappa shape index (κ3) is 3.67. The molecule has 0 radical (unpaired) electrons. The molecule has 21 heavy (non-hydrogen) atoms. The highest BCUT2D eigenvalue weighted by molar-refractivity contribution is 5.98. The average Bonchev–Trinajstić information content (AvgIpc) is 2.51. The number of nitrogens with zero attached hydrogens (tertiary/aromatic N) is 1. The van der Waals surface area contributed by atoms with Crippen LogP contribution in [0, 0.1) is 10.1 Å². The Balaban J connectivity index is 3.16. The predicted molar refractivity (Wildman–Crippen MR) is 74.3 cm³/mol. The molecule has 8 heteroatoms. The highest BCUT2D eigenvalue weighted by Gasteiger charge is 2.30. The number of aliphatic hydroxyl groups excluding tert-OH is 2. The fourth-order valence-electron chi connectivity index (χ4n) is 1.74. The summed E-state index contributed by atoms with van der Waals surface area (Å²) in [5.74, 6) is -0.500. The van der Waals surface area contributed by atoms with Gasteiger partial charge in [-0.05, 0) is 12.5 Å². The minimum atomic E-state index is -1.19. The second-order valence-corrected chi connectivity index (χ2v) is 4.55. The molecule has 0 unspecified atom stereocenters. The molecular formula is C13H18N2O6. The van der Waals surface area contributed by atoms with E-state index in [-0.39, 0.29) is 17.0 Å². The Morgan fingerprint density at radius 1 is 1.43 bits per heavy atom. The van der Waals surface area contributed by atoms with Crippen LogP contribution in [0.2, 0.25) is 0 Å². The van der Waals surface area contributed by atoms with Crippen molar-refractivity contribution in [1.82, 2.24) is 5.32 Å². The van der Waals surface area contributed by atoms with Crippen molar-refractivity contribution in [2.24, 2.45) is 0 Å². The highest BCUT2D eigenvalue weighted by Crippen LogP contribution is 2.24. The van der Waals surface area contributed by atoms with Gasteiger partial charge in [0.1, 0.15) is 5.75 Å². The third-order valence-corrected chi connectivity index (χ3v) is 3.30. The Hall–Kier alpha value is -2.19. The first kappa shape index (κ1) is 16.9. The summed E-state index contributed by atoms with van der Waals surface area (Å²) in [5.41, 5.74) is -1.48. The third-order valence-electron chi connectivity index (χ3n) is 3.30. The summed E-state index contributed by atoms with van der Waals surface area (Å²) in [7, 11) is 1.34. The molecule has 1 aromatic rings. The number of hydrogen-bond donors (Lipinski definition) is 3. The smallest absolute Gasteiger partial charge is 0.270 e. The van der Waals surface area contributed by atoms with Gasteiger partial charge < -0.3 is 20.3 Å². The summed E-state index contributed by atoms with van der Waals surface area (Å²) < 4.78 is 5.01. The summed E-state index contributed by atoms with van der Waals surface area (Å²) >= 11 is 0. The molecule has 3 N–H and O–H groups in total. The molecule has 1 rings (SSSR count). The number of benzene rings is 1. The van der Waals surface area contributed by atoms with Crippen molar-refractivity contribution in [2.45, 2.75) is 18.9 Å². The lowest BCUT2D eigenvalue weighted by molar-refractivity contribution is -0.384. The normalized spacial score (nSPS) is 11.0. The van der Waals surface area contributed by atoms with Crippen molar-refractivity contribution >= 4 is 11.6 Å².